The molecule has 2 aromatic carbocycles. The van der Waals surface area contributed by atoms with Crippen molar-refractivity contribution in [2.45, 2.75) is 0 Å². The van der Waals surface area contributed by atoms with Crippen LogP contribution in [0.25, 0.3) is 21.7 Å². The van der Waals surface area contributed by atoms with Gasteiger partial charge in [0.25, 0.3) is 0 Å². The van der Waals surface area contributed by atoms with Crippen LogP contribution in [0, 0.1) is 0 Å². The summed E-state index contributed by atoms with van der Waals surface area (Å²) in [4.78, 5) is 14.4. The third-order valence-electron chi connectivity index (χ3n) is 2.62. The summed E-state index contributed by atoms with van der Waals surface area (Å²) in [5, 5.41) is 3.23. The molecule has 0 aliphatic heterocycles. The summed E-state index contributed by atoms with van der Waals surface area (Å²) in [5.74, 6) is 0. The summed E-state index contributed by atoms with van der Waals surface area (Å²) in [6.45, 7) is 0. The summed E-state index contributed by atoms with van der Waals surface area (Å²) < 4.78 is 0. The highest BCUT2D eigenvalue weighted by molar-refractivity contribution is 6.04. The maximum atomic E-state index is 11.2. The zero-order valence-corrected chi connectivity index (χ0v) is 8.03. The largest absolute Gasteiger partial charge is 0.361 e. The van der Waals surface area contributed by atoms with Gasteiger partial charge in [-0.3, -0.25) is 4.79 Å². The Labute approximate surface area is 86.2 Å². The van der Waals surface area contributed by atoms with Crippen molar-refractivity contribution in [2.75, 3.05) is 0 Å². The molecule has 3 aromatic rings. The summed E-state index contributed by atoms with van der Waals surface area (Å²) >= 11 is 0. The Bertz CT molecular complexity index is 697. The first-order valence-corrected chi connectivity index (χ1v) is 4.85. The van der Waals surface area contributed by atoms with E-state index in [0.29, 0.717) is 0 Å². The number of fused-ring (bicyclic) bond motifs is 3. The van der Waals surface area contributed by atoms with Crippen LogP contribution in [0.3, 0.4) is 0 Å². The van der Waals surface area contributed by atoms with Crippen LogP contribution in [-0.2, 0) is 0 Å². The molecular weight excluding hydrogens is 186 g/mol. The van der Waals surface area contributed by atoms with Gasteiger partial charge in [0, 0.05) is 11.6 Å². The van der Waals surface area contributed by atoms with E-state index in [4.69, 9.17) is 0 Å². The van der Waals surface area contributed by atoms with Crippen LogP contribution < -0.4 is 5.43 Å². The molecule has 0 aliphatic rings. The van der Waals surface area contributed by atoms with E-state index in [9.17, 15) is 4.79 Å². The molecule has 0 radical (unpaired) electrons. The molecule has 0 bridgehead atoms. The van der Waals surface area contributed by atoms with Crippen LogP contribution in [0.15, 0.2) is 53.5 Å². The highest BCUT2D eigenvalue weighted by Crippen LogP contribution is 2.21. The lowest BCUT2D eigenvalue weighted by Crippen LogP contribution is -1.94. The van der Waals surface area contributed by atoms with Gasteiger partial charge >= 0.3 is 0 Å². The van der Waals surface area contributed by atoms with Crippen molar-refractivity contribution in [3.8, 4) is 0 Å². The first-order chi connectivity index (χ1) is 7.34. The van der Waals surface area contributed by atoms with E-state index >= 15 is 0 Å². The number of aromatic amines is 1. The van der Waals surface area contributed by atoms with Crippen molar-refractivity contribution in [1.29, 1.82) is 0 Å². The molecule has 72 valence electrons. The summed E-state index contributed by atoms with van der Waals surface area (Å²) in [6, 6.07) is 13.2. The Morgan fingerprint density at radius 1 is 0.933 bits per heavy atom. The number of aromatic nitrogens is 1. The van der Waals surface area contributed by atoms with E-state index in [2.05, 4.69) is 11.1 Å². The van der Waals surface area contributed by atoms with Crippen LogP contribution in [0.4, 0.5) is 0 Å². The van der Waals surface area contributed by atoms with E-state index < -0.39 is 0 Å². The maximum absolute atomic E-state index is 11.2. The molecule has 0 fully saturated rings. The Morgan fingerprint density at radius 3 is 2.73 bits per heavy atom. The zero-order valence-electron chi connectivity index (χ0n) is 8.03. The molecule has 0 saturated heterocycles. The van der Waals surface area contributed by atoms with E-state index in [1.54, 1.807) is 12.1 Å². The van der Waals surface area contributed by atoms with Crippen LogP contribution >= 0.6 is 0 Å². The molecule has 3 rings (SSSR count). The van der Waals surface area contributed by atoms with E-state index in [-0.39, 0.29) is 5.43 Å². The second-order valence-corrected chi connectivity index (χ2v) is 3.58. The molecule has 0 amide bonds. The van der Waals surface area contributed by atoms with Gasteiger partial charge in [0.2, 0.25) is 0 Å². The molecule has 0 unspecified atom stereocenters. The molecule has 1 N–H and O–H groups in total. The smallest absolute Gasteiger partial charge is 0.179 e. The molecule has 1 heterocycles. The molecule has 2 heteroatoms. The van der Waals surface area contributed by atoms with Gasteiger partial charge in [-0.15, -0.1) is 0 Å². The minimum absolute atomic E-state index is 0.0535. The van der Waals surface area contributed by atoms with Gasteiger partial charge in [0.05, 0.1) is 5.52 Å². The standard InChI is InChI=1S/C13H9NO/c15-11-5-6-12-10(8-11)4-3-9-2-1-7-14-13(9)12/h1-8,14H. The third-order valence-corrected chi connectivity index (χ3v) is 2.62. The van der Waals surface area contributed by atoms with Crippen LogP contribution in [0.5, 0.6) is 0 Å². The van der Waals surface area contributed by atoms with Crippen molar-refractivity contribution >= 4 is 21.7 Å². The SMILES string of the molecule is O=c1ccc2c(ccc3ccc[nH]c32)c1. The monoisotopic (exact) mass is 195 g/mol. The maximum Gasteiger partial charge on any atom is 0.179 e. The molecule has 0 aliphatic carbocycles. The number of hydrogen-bond donors (Lipinski definition) is 1. The van der Waals surface area contributed by atoms with Crippen molar-refractivity contribution in [3.63, 3.8) is 0 Å². The molecule has 0 spiro atoms. The first-order valence-electron chi connectivity index (χ1n) is 4.85. The van der Waals surface area contributed by atoms with Gasteiger partial charge in [-0.25, -0.2) is 0 Å². The average molecular weight is 195 g/mol. The third kappa shape index (κ3) is 1.22. The van der Waals surface area contributed by atoms with E-state index in [1.165, 1.54) is 0 Å². The minimum Gasteiger partial charge on any atom is -0.361 e. The number of pyridine rings is 1. The predicted molar refractivity (Wildman–Crippen MR) is 62.1 cm³/mol. The fourth-order valence-corrected chi connectivity index (χ4v) is 1.91. The van der Waals surface area contributed by atoms with Gasteiger partial charge in [-0.2, -0.15) is 0 Å². The molecule has 0 saturated carbocycles. The van der Waals surface area contributed by atoms with Crippen molar-refractivity contribution in [2.24, 2.45) is 0 Å². The Morgan fingerprint density at radius 2 is 1.80 bits per heavy atom. The normalized spacial score (nSPS) is 10.9. The van der Waals surface area contributed by atoms with Gasteiger partial charge in [-0.05, 0) is 35.0 Å². The first kappa shape index (κ1) is 8.24. The predicted octanol–water partition coefficient (Wildman–Crippen LogP) is 2.68. The van der Waals surface area contributed by atoms with Crippen LogP contribution in [-0.4, -0.2) is 4.98 Å². The topological polar surface area (TPSA) is 32.9 Å². The summed E-state index contributed by atoms with van der Waals surface area (Å²) in [6.07, 6.45) is 1.90. The number of benzene rings is 2. The zero-order chi connectivity index (χ0) is 10.3. The summed E-state index contributed by atoms with van der Waals surface area (Å²) in [5.41, 5.74) is 1.13. The van der Waals surface area contributed by atoms with Gasteiger partial charge < -0.3 is 4.98 Å². The van der Waals surface area contributed by atoms with Gasteiger partial charge in [0.15, 0.2) is 5.43 Å². The molecule has 15 heavy (non-hydrogen) atoms. The fourth-order valence-electron chi connectivity index (χ4n) is 1.91. The Hall–Kier alpha value is -2.09. The van der Waals surface area contributed by atoms with E-state index in [1.807, 2.05) is 30.5 Å². The molecular formula is C13H9NO. The number of hydrogen-bond acceptors (Lipinski definition) is 1. The summed E-state index contributed by atoms with van der Waals surface area (Å²) in [7, 11) is 0. The van der Waals surface area contributed by atoms with E-state index in [0.717, 1.165) is 21.7 Å². The molecule has 2 nitrogen and oxygen atoms in total. The second-order valence-electron chi connectivity index (χ2n) is 3.58. The fraction of sp³-hybridized carbons (Fsp3) is 0. The molecule has 0 atom stereocenters. The number of nitrogens with one attached hydrogen (secondary N) is 1. The highest BCUT2D eigenvalue weighted by Gasteiger charge is 1.99. The number of H-pyrrole nitrogens is 1. The highest BCUT2D eigenvalue weighted by atomic mass is 16.1. The van der Waals surface area contributed by atoms with Crippen molar-refractivity contribution in [3.05, 3.63) is 58.9 Å². The minimum atomic E-state index is 0.0535. The number of rotatable bonds is 0. The lowest BCUT2D eigenvalue weighted by molar-refractivity contribution is 1.43. The molecule has 1 aromatic heterocycles. The quantitative estimate of drug-likeness (QED) is 0.549. The lowest BCUT2D eigenvalue weighted by atomic mass is 10.1. The second kappa shape index (κ2) is 2.95. The average Bonchev–Trinajstić information content (AvgIpc) is 2.28. The van der Waals surface area contributed by atoms with Crippen molar-refractivity contribution in [1.82, 2.24) is 4.98 Å². The Kier molecular flexibility index (Phi) is 1.62. The van der Waals surface area contributed by atoms with Crippen molar-refractivity contribution < 1.29 is 0 Å². The van der Waals surface area contributed by atoms with Crippen LogP contribution in [0.1, 0.15) is 0 Å². The van der Waals surface area contributed by atoms with Crippen LogP contribution in [0.2, 0.25) is 0 Å². The van der Waals surface area contributed by atoms with Gasteiger partial charge in [0.1, 0.15) is 0 Å². The lowest BCUT2D eigenvalue weighted by Gasteiger charge is -2.02. The Balaban J connectivity index is 2.60. The van der Waals surface area contributed by atoms with Gasteiger partial charge in [-0.1, -0.05) is 18.2 Å².